The molecule has 0 aliphatic rings. The Labute approximate surface area is 101 Å². The van der Waals surface area contributed by atoms with Crippen molar-refractivity contribution in [3.8, 4) is 0 Å². The number of aliphatic hydroxyl groups excluding tert-OH is 1. The maximum Gasteiger partial charge on any atom is 0.267 e. The molecule has 4 N–H and O–H groups in total. The lowest BCUT2D eigenvalue weighted by Crippen LogP contribution is -2.40. The van der Waals surface area contributed by atoms with Gasteiger partial charge in [-0.1, -0.05) is 0 Å². The molecule has 0 aromatic rings. The third-order valence-electron chi connectivity index (χ3n) is 1.90. The molecular formula is C7H18N2O6S2. The molecule has 0 radical (unpaired) electrons. The quantitative estimate of drug-likeness (QED) is 0.433. The van der Waals surface area contributed by atoms with E-state index in [1.54, 1.807) is 0 Å². The van der Waals surface area contributed by atoms with Gasteiger partial charge in [0.15, 0.2) is 0 Å². The monoisotopic (exact) mass is 290 g/mol. The van der Waals surface area contributed by atoms with Crippen molar-refractivity contribution in [3.63, 3.8) is 0 Å². The van der Waals surface area contributed by atoms with E-state index in [2.05, 4.69) is 0 Å². The number of aliphatic hydroxyl groups is 1. The van der Waals surface area contributed by atoms with E-state index in [9.17, 15) is 21.9 Å². The third-order valence-corrected chi connectivity index (χ3v) is 3.97. The average Bonchev–Trinajstić information content (AvgIpc) is 2.07. The molecule has 8 nitrogen and oxygen atoms in total. The molecule has 0 aromatic carbocycles. The lowest BCUT2D eigenvalue weighted by atomic mass is 10.3. The minimum atomic E-state index is -4.33. The Hall–Kier alpha value is -0.260. The summed E-state index contributed by atoms with van der Waals surface area (Å²) >= 11 is 0. The normalized spacial score (nSPS) is 15.1. The fourth-order valence-electron chi connectivity index (χ4n) is 1.19. The van der Waals surface area contributed by atoms with Crippen LogP contribution < -0.4 is 5.73 Å². The van der Waals surface area contributed by atoms with Crippen LogP contribution in [0.1, 0.15) is 6.42 Å². The molecule has 17 heavy (non-hydrogen) atoms. The average molecular weight is 290 g/mol. The largest absolute Gasteiger partial charge is 0.391 e. The number of sulfonamides is 1. The summed E-state index contributed by atoms with van der Waals surface area (Å²) in [6, 6.07) is 0. The number of rotatable bonds is 8. The Kier molecular flexibility index (Phi) is 6.51. The zero-order valence-corrected chi connectivity index (χ0v) is 11.1. The van der Waals surface area contributed by atoms with Gasteiger partial charge in [-0.05, 0) is 13.0 Å². The lowest BCUT2D eigenvalue weighted by Gasteiger charge is -2.22. The van der Waals surface area contributed by atoms with E-state index in [4.69, 9.17) is 10.3 Å². The van der Waals surface area contributed by atoms with Crippen LogP contribution in [0.15, 0.2) is 0 Å². The van der Waals surface area contributed by atoms with Crippen LogP contribution in [0.25, 0.3) is 0 Å². The van der Waals surface area contributed by atoms with Gasteiger partial charge in [-0.2, -0.15) is 12.7 Å². The number of nitrogens with zero attached hydrogens (tertiary/aromatic N) is 1. The van der Waals surface area contributed by atoms with E-state index in [0.717, 1.165) is 10.6 Å². The molecule has 0 aliphatic heterocycles. The van der Waals surface area contributed by atoms with Crippen molar-refractivity contribution in [1.82, 2.24) is 4.31 Å². The highest BCUT2D eigenvalue weighted by molar-refractivity contribution is 7.88. The van der Waals surface area contributed by atoms with Crippen LogP contribution >= 0.6 is 0 Å². The molecule has 1 atom stereocenters. The fourth-order valence-corrected chi connectivity index (χ4v) is 2.69. The summed E-state index contributed by atoms with van der Waals surface area (Å²) < 4.78 is 53.0. The molecule has 0 fully saturated rings. The van der Waals surface area contributed by atoms with E-state index in [0.29, 0.717) is 6.42 Å². The van der Waals surface area contributed by atoms with Crippen molar-refractivity contribution < 1.29 is 26.5 Å². The molecule has 0 saturated heterocycles. The Morgan fingerprint density at radius 2 is 1.82 bits per heavy atom. The highest BCUT2D eigenvalue weighted by Crippen LogP contribution is 2.03. The van der Waals surface area contributed by atoms with Crippen molar-refractivity contribution in [2.75, 3.05) is 31.6 Å². The first-order chi connectivity index (χ1) is 7.56. The van der Waals surface area contributed by atoms with Gasteiger partial charge in [-0.3, -0.25) is 4.55 Å². The molecular weight excluding hydrogens is 272 g/mol. The predicted molar refractivity (Wildman–Crippen MR) is 62.5 cm³/mol. The molecule has 104 valence electrons. The molecule has 0 spiro atoms. The summed E-state index contributed by atoms with van der Waals surface area (Å²) in [5.41, 5.74) is 5.23. The molecule has 0 saturated carbocycles. The van der Waals surface area contributed by atoms with Crippen LogP contribution in [0.2, 0.25) is 0 Å². The Bertz CT molecular complexity index is 418. The van der Waals surface area contributed by atoms with Gasteiger partial charge in [-0.25, -0.2) is 8.42 Å². The van der Waals surface area contributed by atoms with Gasteiger partial charge >= 0.3 is 0 Å². The highest BCUT2D eigenvalue weighted by Gasteiger charge is 2.22. The van der Waals surface area contributed by atoms with Gasteiger partial charge in [-0.15, -0.1) is 0 Å². The predicted octanol–water partition coefficient (Wildman–Crippen LogP) is -2.15. The van der Waals surface area contributed by atoms with Crippen LogP contribution in [0.4, 0.5) is 0 Å². The summed E-state index contributed by atoms with van der Waals surface area (Å²) in [6.07, 6.45) is -0.132. The Balaban J connectivity index is 4.54. The number of hydrogen-bond acceptors (Lipinski definition) is 6. The highest BCUT2D eigenvalue weighted by atomic mass is 32.2. The second kappa shape index (κ2) is 6.61. The molecule has 0 amide bonds. The van der Waals surface area contributed by atoms with E-state index < -0.39 is 38.5 Å². The van der Waals surface area contributed by atoms with Crippen molar-refractivity contribution in [1.29, 1.82) is 0 Å². The van der Waals surface area contributed by atoms with Gasteiger partial charge < -0.3 is 10.8 Å². The van der Waals surface area contributed by atoms with Crippen molar-refractivity contribution in [2.24, 2.45) is 5.73 Å². The van der Waals surface area contributed by atoms with Crippen molar-refractivity contribution in [2.45, 2.75) is 12.5 Å². The summed E-state index contributed by atoms with van der Waals surface area (Å²) in [5.74, 6) is -0.901. The Morgan fingerprint density at radius 3 is 2.18 bits per heavy atom. The zero-order valence-electron chi connectivity index (χ0n) is 9.48. The van der Waals surface area contributed by atoms with E-state index in [1.165, 1.54) is 0 Å². The molecule has 10 heteroatoms. The van der Waals surface area contributed by atoms with E-state index in [1.807, 2.05) is 0 Å². The standard InChI is InChI=1S/C7H18N2O6S2/c1-16(11,12)9(4-2-3-8)5-7(10)6-17(13,14)15/h7,10H,2-6,8H2,1H3,(H,13,14,15). The molecule has 0 aromatic heterocycles. The van der Waals surface area contributed by atoms with E-state index in [-0.39, 0.29) is 13.1 Å². The summed E-state index contributed by atoms with van der Waals surface area (Å²) in [4.78, 5) is 0. The smallest absolute Gasteiger partial charge is 0.267 e. The minimum absolute atomic E-state index is 0.0951. The van der Waals surface area contributed by atoms with Gasteiger partial charge in [0.1, 0.15) is 5.75 Å². The number of nitrogens with two attached hydrogens (primary N) is 1. The second-order valence-electron chi connectivity index (χ2n) is 3.67. The maximum absolute atomic E-state index is 11.3. The van der Waals surface area contributed by atoms with Crippen molar-refractivity contribution in [3.05, 3.63) is 0 Å². The van der Waals surface area contributed by atoms with E-state index >= 15 is 0 Å². The van der Waals surface area contributed by atoms with Crippen LogP contribution in [0.3, 0.4) is 0 Å². The second-order valence-corrected chi connectivity index (χ2v) is 7.15. The molecule has 1 unspecified atom stereocenters. The van der Waals surface area contributed by atoms with Gasteiger partial charge in [0.2, 0.25) is 10.0 Å². The molecule has 0 bridgehead atoms. The van der Waals surface area contributed by atoms with Gasteiger partial charge in [0, 0.05) is 13.1 Å². The Morgan fingerprint density at radius 1 is 1.29 bits per heavy atom. The summed E-state index contributed by atoms with van der Waals surface area (Å²) in [6.45, 7) is -0.0170. The maximum atomic E-state index is 11.3. The van der Waals surface area contributed by atoms with Crippen LogP contribution in [0.5, 0.6) is 0 Å². The minimum Gasteiger partial charge on any atom is -0.391 e. The van der Waals surface area contributed by atoms with Gasteiger partial charge in [0.05, 0.1) is 12.4 Å². The summed E-state index contributed by atoms with van der Waals surface area (Å²) in [5, 5.41) is 9.34. The fraction of sp³-hybridized carbons (Fsp3) is 1.00. The molecule has 0 aliphatic carbocycles. The van der Waals surface area contributed by atoms with Crippen molar-refractivity contribution >= 4 is 20.1 Å². The lowest BCUT2D eigenvalue weighted by molar-refractivity contribution is 0.163. The first-order valence-corrected chi connectivity index (χ1v) is 8.30. The third kappa shape index (κ3) is 8.46. The number of hydrogen-bond donors (Lipinski definition) is 3. The SMILES string of the molecule is CS(=O)(=O)N(CCCN)CC(O)CS(=O)(=O)O. The van der Waals surface area contributed by atoms with Gasteiger partial charge in [0.25, 0.3) is 10.1 Å². The summed E-state index contributed by atoms with van der Waals surface area (Å²) in [7, 11) is -7.88. The molecule has 0 heterocycles. The first-order valence-electron chi connectivity index (χ1n) is 4.84. The zero-order chi connectivity index (χ0) is 13.7. The van der Waals surface area contributed by atoms with Crippen LogP contribution in [-0.2, 0) is 20.1 Å². The van der Waals surface area contributed by atoms with Crippen LogP contribution in [0, 0.1) is 0 Å². The molecule has 0 rings (SSSR count). The first kappa shape index (κ1) is 16.7. The van der Waals surface area contributed by atoms with Crippen LogP contribution in [-0.4, -0.2) is 68.5 Å². The topological polar surface area (TPSA) is 138 Å².